The molecule has 9 heteroatoms. The molecule has 1 aromatic carbocycles. The average Bonchev–Trinajstić information content (AvgIpc) is 2.76. The van der Waals surface area contributed by atoms with E-state index in [0.717, 1.165) is 37.7 Å². The van der Waals surface area contributed by atoms with Crippen molar-refractivity contribution in [2.45, 2.75) is 39.5 Å². The van der Waals surface area contributed by atoms with Crippen LogP contribution in [0.2, 0.25) is 0 Å². The molecular weight excluding hydrogens is 430 g/mol. The average molecular weight is 468 g/mol. The van der Waals surface area contributed by atoms with Gasteiger partial charge in [-0.15, -0.1) is 0 Å². The molecule has 0 aliphatic carbocycles. The molecule has 3 N–H and O–H groups in total. The second-order valence-corrected chi connectivity index (χ2v) is 8.20. The Labute approximate surface area is 195 Å². The van der Waals surface area contributed by atoms with Crippen molar-refractivity contribution in [3.63, 3.8) is 0 Å². The summed E-state index contributed by atoms with van der Waals surface area (Å²) in [5.74, 6) is -0.563. The lowest BCUT2D eigenvalue weighted by Crippen LogP contribution is -2.47. The van der Waals surface area contributed by atoms with Crippen molar-refractivity contribution in [2.24, 2.45) is 0 Å². The van der Waals surface area contributed by atoms with E-state index in [1.807, 2.05) is 22.7 Å². The molecule has 0 radical (unpaired) electrons. The Balaban J connectivity index is 0.00000102. The monoisotopic (exact) mass is 467 g/mol. The predicted molar refractivity (Wildman–Crippen MR) is 130 cm³/mol. The first-order valence-electron chi connectivity index (χ1n) is 10.7. The molecule has 0 fully saturated rings. The Morgan fingerprint density at radius 3 is 2.03 bits per heavy atom. The van der Waals surface area contributed by atoms with Gasteiger partial charge in [-0.2, -0.15) is 11.8 Å². The second-order valence-electron chi connectivity index (χ2n) is 7.09. The van der Waals surface area contributed by atoms with Gasteiger partial charge in [-0.3, -0.25) is 0 Å². The maximum atomic E-state index is 12.4. The zero-order valence-corrected chi connectivity index (χ0v) is 20.3. The second kappa shape index (κ2) is 18.1. The van der Waals surface area contributed by atoms with E-state index < -0.39 is 11.9 Å². The highest BCUT2D eigenvalue weighted by atomic mass is 32.2. The van der Waals surface area contributed by atoms with Crippen LogP contribution in [0.1, 0.15) is 33.3 Å². The van der Waals surface area contributed by atoms with Crippen molar-refractivity contribution in [2.75, 3.05) is 38.5 Å². The topological polar surface area (TPSA) is 110 Å². The number of carbonyl (C=O) groups is 3. The number of carbonyl (C=O) groups excluding carboxylic acids is 1. The number of nitrogens with one attached hydrogen (secondary N) is 1. The fraction of sp³-hybridized carbons (Fsp3) is 0.522. The number of rotatable bonds is 13. The molecular formula is C23H37N3O5S. The minimum absolute atomic E-state index is 0.0532. The highest BCUT2D eigenvalue weighted by Gasteiger charge is 2.16. The number of amides is 2. The third-order valence-corrected chi connectivity index (χ3v) is 5.45. The molecule has 0 heterocycles. The number of nitrogens with zero attached hydrogens (tertiary/aromatic N) is 2. The van der Waals surface area contributed by atoms with E-state index in [1.165, 1.54) is 5.56 Å². The van der Waals surface area contributed by atoms with Crippen LogP contribution in [0.3, 0.4) is 0 Å². The van der Waals surface area contributed by atoms with E-state index in [0.29, 0.717) is 18.7 Å². The lowest BCUT2D eigenvalue weighted by Gasteiger charge is -2.27. The van der Waals surface area contributed by atoms with Crippen molar-refractivity contribution in [1.82, 2.24) is 15.1 Å². The van der Waals surface area contributed by atoms with Crippen LogP contribution in [0.25, 0.3) is 0 Å². The number of urea groups is 1. The summed E-state index contributed by atoms with van der Waals surface area (Å²) in [5, 5.41) is 18.7. The van der Waals surface area contributed by atoms with Gasteiger partial charge >= 0.3 is 18.0 Å². The van der Waals surface area contributed by atoms with Gasteiger partial charge in [-0.25, -0.2) is 14.4 Å². The van der Waals surface area contributed by atoms with E-state index in [1.54, 1.807) is 0 Å². The molecule has 32 heavy (non-hydrogen) atoms. The maximum absolute atomic E-state index is 12.4. The summed E-state index contributed by atoms with van der Waals surface area (Å²) in [5.41, 5.74) is 1.34. The minimum atomic E-state index is -1.26. The van der Waals surface area contributed by atoms with Crippen LogP contribution in [0, 0.1) is 0 Å². The fourth-order valence-electron chi connectivity index (χ4n) is 2.63. The van der Waals surface area contributed by atoms with Crippen LogP contribution < -0.4 is 5.32 Å². The van der Waals surface area contributed by atoms with Gasteiger partial charge in [0, 0.05) is 49.3 Å². The van der Waals surface area contributed by atoms with Crippen LogP contribution in [-0.2, 0) is 15.3 Å². The zero-order valence-electron chi connectivity index (χ0n) is 19.5. The van der Waals surface area contributed by atoms with Crippen LogP contribution in [-0.4, -0.2) is 82.5 Å². The summed E-state index contributed by atoms with van der Waals surface area (Å²) in [4.78, 5) is 35.7. The Bertz CT molecular complexity index is 678. The number of hydrogen-bond donors (Lipinski definition) is 3. The Morgan fingerprint density at radius 1 is 1.00 bits per heavy atom. The number of benzene rings is 1. The predicted octanol–water partition coefficient (Wildman–Crippen LogP) is 3.39. The van der Waals surface area contributed by atoms with Crippen molar-refractivity contribution in [3.05, 3.63) is 48.0 Å². The van der Waals surface area contributed by atoms with Gasteiger partial charge in [-0.05, 0) is 32.5 Å². The standard InChI is InChI=1S/C19H33N3OS.C4H4O4/c1-5-21(6-2)13-12-20-19(23)22(17(3)4)14-15-24-16-18-10-8-7-9-11-18;5-3(6)1-2-4(7)8/h7-11,17H,5-6,12-16H2,1-4H3,(H,20,23);1-2H,(H,5,6)(H,7,8). The van der Waals surface area contributed by atoms with Gasteiger partial charge in [-0.1, -0.05) is 44.2 Å². The van der Waals surface area contributed by atoms with E-state index in [-0.39, 0.29) is 12.1 Å². The van der Waals surface area contributed by atoms with Crippen LogP contribution in [0.4, 0.5) is 4.79 Å². The highest BCUT2D eigenvalue weighted by Crippen LogP contribution is 2.12. The summed E-state index contributed by atoms with van der Waals surface area (Å²) < 4.78 is 0. The molecule has 1 rings (SSSR count). The first-order valence-corrected chi connectivity index (χ1v) is 11.9. The summed E-state index contributed by atoms with van der Waals surface area (Å²) >= 11 is 1.88. The van der Waals surface area contributed by atoms with E-state index in [9.17, 15) is 14.4 Å². The maximum Gasteiger partial charge on any atom is 0.328 e. The van der Waals surface area contributed by atoms with Crippen LogP contribution >= 0.6 is 11.8 Å². The number of carboxylic acid groups (broad SMARTS) is 2. The van der Waals surface area contributed by atoms with Gasteiger partial charge in [0.1, 0.15) is 0 Å². The van der Waals surface area contributed by atoms with Gasteiger partial charge in [0.2, 0.25) is 0 Å². The molecule has 0 atom stereocenters. The van der Waals surface area contributed by atoms with E-state index >= 15 is 0 Å². The number of thioether (sulfide) groups is 1. The van der Waals surface area contributed by atoms with Crippen LogP contribution in [0.15, 0.2) is 42.5 Å². The summed E-state index contributed by atoms with van der Waals surface area (Å²) in [6.45, 7) is 12.9. The molecule has 180 valence electrons. The Morgan fingerprint density at radius 2 is 1.56 bits per heavy atom. The first-order chi connectivity index (χ1) is 15.2. The van der Waals surface area contributed by atoms with Crippen molar-refractivity contribution in [3.8, 4) is 0 Å². The highest BCUT2D eigenvalue weighted by molar-refractivity contribution is 7.98. The largest absolute Gasteiger partial charge is 0.478 e. The van der Waals surface area contributed by atoms with Gasteiger partial charge in [0.05, 0.1) is 0 Å². The molecule has 8 nitrogen and oxygen atoms in total. The van der Waals surface area contributed by atoms with E-state index in [4.69, 9.17) is 10.2 Å². The number of likely N-dealkylation sites (N-methyl/N-ethyl adjacent to an activating group) is 1. The van der Waals surface area contributed by atoms with E-state index in [2.05, 4.69) is 62.2 Å². The van der Waals surface area contributed by atoms with Crippen molar-refractivity contribution >= 4 is 29.7 Å². The Hall–Kier alpha value is -2.52. The summed E-state index contributed by atoms with van der Waals surface area (Å²) in [6.07, 6.45) is 1.12. The molecule has 1 aromatic rings. The SMILES string of the molecule is CCN(CC)CCNC(=O)N(CCSCc1ccccc1)C(C)C.O=C(O)C=CC(=O)O. The van der Waals surface area contributed by atoms with Gasteiger partial charge in [0.15, 0.2) is 0 Å². The summed E-state index contributed by atoms with van der Waals surface area (Å²) in [6, 6.07) is 10.7. The van der Waals surface area contributed by atoms with Gasteiger partial charge < -0.3 is 25.3 Å². The Kier molecular flexibility index (Phi) is 16.7. The normalized spacial score (nSPS) is 10.7. The number of aliphatic carboxylic acids is 2. The molecule has 0 spiro atoms. The lowest BCUT2D eigenvalue weighted by molar-refractivity contribution is -0.134. The minimum Gasteiger partial charge on any atom is -0.478 e. The smallest absolute Gasteiger partial charge is 0.328 e. The molecule has 0 aliphatic heterocycles. The molecule has 0 bridgehead atoms. The van der Waals surface area contributed by atoms with Crippen LogP contribution in [0.5, 0.6) is 0 Å². The molecule has 0 aliphatic rings. The molecule has 0 unspecified atom stereocenters. The summed E-state index contributed by atoms with van der Waals surface area (Å²) in [7, 11) is 0. The number of carboxylic acids is 2. The van der Waals surface area contributed by atoms with Crippen molar-refractivity contribution < 1.29 is 24.6 Å². The van der Waals surface area contributed by atoms with Crippen molar-refractivity contribution in [1.29, 1.82) is 0 Å². The molecule has 0 saturated carbocycles. The zero-order chi connectivity index (χ0) is 24.4. The fourth-order valence-corrected chi connectivity index (χ4v) is 3.52. The third-order valence-electron chi connectivity index (χ3n) is 4.44. The molecule has 0 aromatic heterocycles. The quantitative estimate of drug-likeness (QED) is 0.301. The third kappa shape index (κ3) is 15.3. The number of hydrogen-bond acceptors (Lipinski definition) is 5. The van der Waals surface area contributed by atoms with Gasteiger partial charge in [0.25, 0.3) is 0 Å². The first kappa shape index (κ1) is 29.5. The molecule has 0 saturated heterocycles. The molecule has 2 amide bonds. The lowest BCUT2D eigenvalue weighted by atomic mass is 10.2.